The molecule has 1 aliphatic heterocycles. The second-order valence-corrected chi connectivity index (χ2v) is 5.85. The molecule has 3 heterocycles. The second-order valence-electron chi connectivity index (χ2n) is 5.85. The maximum atomic E-state index is 12.6. The van der Waals surface area contributed by atoms with Crippen LogP contribution in [0.5, 0.6) is 0 Å². The van der Waals surface area contributed by atoms with Crippen molar-refractivity contribution in [3.63, 3.8) is 0 Å². The van der Waals surface area contributed by atoms with Crippen molar-refractivity contribution in [1.82, 2.24) is 20.0 Å². The quantitative estimate of drug-likeness (QED) is 0.927. The third kappa shape index (κ3) is 3.39. The molecule has 0 saturated carbocycles. The fraction of sp³-hybridized carbons (Fsp3) is 0.500. The number of aromatic nitrogens is 3. The highest BCUT2D eigenvalue weighted by Crippen LogP contribution is 2.20. The maximum absolute atomic E-state index is 12.6. The van der Waals surface area contributed by atoms with Crippen LogP contribution >= 0.6 is 0 Å². The van der Waals surface area contributed by atoms with Crippen molar-refractivity contribution < 1.29 is 9.32 Å². The summed E-state index contributed by atoms with van der Waals surface area (Å²) in [7, 11) is 0. The molecule has 0 aliphatic carbocycles. The van der Waals surface area contributed by atoms with Crippen molar-refractivity contribution in [2.24, 2.45) is 0 Å². The van der Waals surface area contributed by atoms with Gasteiger partial charge in [-0.25, -0.2) is 9.97 Å². The Morgan fingerprint density at radius 2 is 2.30 bits per heavy atom. The number of nitrogens with one attached hydrogen (secondary N) is 1. The lowest BCUT2D eigenvalue weighted by Crippen LogP contribution is -2.46. The SMILES string of the molecule is CCC(C(=O)Nc1cc(C)on1)N1CCc2cnc(C)nc2C1. The molecule has 7 heteroatoms. The summed E-state index contributed by atoms with van der Waals surface area (Å²) in [5.41, 5.74) is 2.20. The molecular weight excluding hydrogens is 294 g/mol. The highest BCUT2D eigenvalue weighted by molar-refractivity contribution is 5.94. The highest BCUT2D eigenvalue weighted by atomic mass is 16.5. The minimum Gasteiger partial charge on any atom is -0.360 e. The number of nitrogens with zero attached hydrogens (tertiary/aromatic N) is 4. The number of amides is 1. The van der Waals surface area contributed by atoms with E-state index < -0.39 is 0 Å². The predicted octanol–water partition coefficient (Wildman–Crippen LogP) is 1.86. The Morgan fingerprint density at radius 1 is 1.48 bits per heavy atom. The van der Waals surface area contributed by atoms with Gasteiger partial charge in [0.05, 0.1) is 11.7 Å². The molecule has 2 aromatic heterocycles. The Morgan fingerprint density at radius 3 is 3.00 bits per heavy atom. The lowest BCUT2D eigenvalue weighted by Gasteiger charge is -2.33. The number of hydrogen-bond donors (Lipinski definition) is 1. The summed E-state index contributed by atoms with van der Waals surface area (Å²) in [4.78, 5) is 23.5. The number of carbonyl (C=O) groups excluding carboxylic acids is 1. The molecule has 7 nitrogen and oxygen atoms in total. The number of hydrogen-bond acceptors (Lipinski definition) is 6. The third-order valence-corrected chi connectivity index (χ3v) is 4.11. The molecule has 1 atom stereocenters. The van der Waals surface area contributed by atoms with Gasteiger partial charge < -0.3 is 9.84 Å². The Labute approximate surface area is 135 Å². The molecular formula is C16H21N5O2. The lowest BCUT2D eigenvalue weighted by atomic mass is 10.0. The van der Waals surface area contributed by atoms with Gasteiger partial charge in [0.25, 0.3) is 0 Å². The molecule has 2 aromatic rings. The molecule has 3 rings (SSSR count). The summed E-state index contributed by atoms with van der Waals surface area (Å²) in [5, 5.41) is 6.65. The molecule has 1 unspecified atom stereocenters. The van der Waals surface area contributed by atoms with E-state index in [2.05, 4.69) is 25.3 Å². The van der Waals surface area contributed by atoms with Gasteiger partial charge >= 0.3 is 0 Å². The van der Waals surface area contributed by atoms with E-state index in [4.69, 9.17) is 4.52 Å². The fourth-order valence-electron chi connectivity index (χ4n) is 2.93. The number of anilines is 1. The van der Waals surface area contributed by atoms with Crippen molar-refractivity contribution in [3.8, 4) is 0 Å². The fourth-order valence-corrected chi connectivity index (χ4v) is 2.93. The van der Waals surface area contributed by atoms with Crippen LogP contribution in [0.1, 0.15) is 36.2 Å². The van der Waals surface area contributed by atoms with Crippen LogP contribution in [0.15, 0.2) is 16.8 Å². The van der Waals surface area contributed by atoms with Gasteiger partial charge in [-0.15, -0.1) is 0 Å². The van der Waals surface area contributed by atoms with Crippen LogP contribution in [0.3, 0.4) is 0 Å². The van der Waals surface area contributed by atoms with Crippen molar-refractivity contribution >= 4 is 11.7 Å². The first-order valence-electron chi connectivity index (χ1n) is 7.86. The molecule has 0 spiro atoms. The van der Waals surface area contributed by atoms with E-state index in [0.29, 0.717) is 18.1 Å². The molecule has 1 aliphatic rings. The van der Waals surface area contributed by atoms with E-state index in [-0.39, 0.29) is 11.9 Å². The zero-order chi connectivity index (χ0) is 16.4. The lowest BCUT2D eigenvalue weighted by molar-refractivity contribution is -0.121. The van der Waals surface area contributed by atoms with Crippen LogP contribution in [0, 0.1) is 13.8 Å². The Hall–Kier alpha value is -2.28. The molecule has 0 saturated heterocycles. The molecule has 0 fully saturated rings. The van der Waals surface area contributed by atoms with E-state index in [1.165, 1.54) is 5.56 Å². The Bertz CT molecular complexity index is 712. The van der Waals surface area contributed by atoms with Crippen LogP contribution in [-0.4, -0.2) is 38.5 Å². The van der Waals surface area contributed by atoms with Gasteiger partial charge in [-0.1, -0.05) is 12.1 Å². The average Bonchev–Trinajstić information content (AvgIpc) is 2.92. The minimum atomic E-state index is -0.213. The summed E-state index contributed by atoms with van der Waals surface area (Å²) >= 11 is 0. The molecule has 1 N–H and O–H groups in total. The molecule has 0 radical (unpaired) electrons. The van der Waals surface area contributed by atoms with E-state index in [1.54, 1.807) is 13.0 Å². The molecule has 122 valence electrons. The zero-order valence-corrected chi connectivity index (χ0v) is 13.7. The molecule has 0 aromatic carbocycles. The summed E-state index contributed by atoms with van der Waals surface area (Å²) in [6.07, 6.45) is 3.48. The third-order valence-electron chi connectivity index (χ3n) is 4.11. The van der Waals surface area contributed by atoms with Gasteiger partial charge in [0.2, 0.25) is 5.91 Å². The molecule has 0 bridgehead atoms. The molecule has 1 amide bonds. The first-order valence-corrected chi connectivity index (χ1v) is 7.86. The number of rotatable bonds is 4. The summed E-state index contributed by atoms with van der Waals surface area (Å²) < 4.78 is 4.99. The monoisotopic (exact) mass is 315 g/mol. The van der Waals surface area contributed by atoms with Gasteiger partial charge in [-0.05, 0) is 32.3 Å². The van der Waals surface area contributed by atoms with Gasteiger partial charge in [-0.2, -0.15) is 0 Å². The van der Waals surface area contributed by atoms with Crippen LogP contribution in [0.2, 0.25) is 0 Å². The van der Waals surface area contributed by atoms with Gasteiger partial charge in [-0.3, -0.25) is 9.69 Å². The maximum Gasteiger partial charge on any atom is 0.242 e. The summed E-state index contributed by atoms with van der Waals surface area (Å²) in [6.45, 7) is 7.18. The van der Waals surface area contributed by atoms with Crippen molar-refractivity contribution in [2.75, 3.05) is 11.9 Å². The van der Waals surface area contributed by atoms with Crippen LogP contribution in [0.25, 0.3) is 0 Å². The number of fused-ring (bicyclic) bond motifs is 1. The smallest absolute Gasteiger partial charge is 0.242 e. The van der Waals surface area contributed by atoms with Crippen molar-refractivity contribution in [3.05, 3.63) is 35.1 Å². The number of aryl methyl sites for hydroxylation is 2. The normalized spacial score (nSPS) is 16.0. The first kappa shape index (κ1) is 15.6. The van der Waals surface area contributed by atoms with Gasteiger partial charge in [0, 0.05) is 25.4 Å². The number of carbonyl (C=O) groups is 1. The summed E-state index contributed by atoms with van der Waals surface area (Å²) in [5.74, 6) is 1.84. The Balaban J connectivity index is 1.72. The van der Waals surface area contributed by atoms with E-state index >= 15 is 0 Å². The topological polar surface area (TPSA) is 84.2 Å². The van der Waals surface area contributed by atoms with Crippen LogP contribution in [0.4, 0.5) is 5.82 Å². The van der Waals surface area contributed by atoms with Crippen LogP contribution < -0.4 is 5.32 Å². The minimum absolute atomic E-state index is 0.0602. The Kier molecular flexibility index (Phi) is 4.38. The van der Waals surface area contributed by atoms with Crippen molar-refractivity contribution in [1.29, 1.82) is 0 Å². The highest BCUT2D eigenvalue weighted by Gasteiger charge is 2.29. The van der Waals surface area contributed by atoms with Gasteiger partial charge in [0.15, 0.2) is 5.82 Å². The first-order chi connectivity index (χ1) is 11.1. The standard InChI is InChI=1S/C16H21N5O2/c1-4-14(16(22)19-15-7-10(2)23-20-15)21-6-5-12-8-17-11(3)18-13(12)9-21/h7-8,14H,4-6,9H2,1-3H3,(H,19,20,22). The van der Waals surface area contributed by atoms with E-state index in [9.17, 15) is 4.79 Å². The average molecular weight is 315 g/mol. The zero-order valence-electron chi connectivity index (χ0n) is 13.7. The summed E-state index contributed by atoms with van der Waals surface area (Å²) in [6, 6.07) is 1.50. The van der Waals surface area contributed by atoms with Gasteiger partial charge in [0.1, 0.15) is 11.6 Å². The van der Waals surface area contributed by atoms with E-state index in [1.807, 2.05) is 20.0 Å². The molecule has 23 heavy (non-hydrogen) atoms. The van der Waals surface area contributed by atoms with E-state index in [0.717, 1.165) is 30.9 Å². The van der Waals surface area contributed by atoms with Crippen LogP contribution in [-0.2, 0) is 17.8 Å². The predicted molar refractivity (Wildman–Crippen MR) is 84.8 cm³/mol. The largest absolute Gasteiger partial charge is 0.360 e. The van der Waals surface area contributed by atoms with Crippen molar-refractivity contribution in [2.45, 2.75) is 46.2 Å². The second kappa shape index (κ2) is 6.45.